The largest absolute Gasteiger partial charge is 0.435 e. The van der Waals surface area contributed by atoms with Crippen LogP contribution in [0.3, 0.4) is 0 Å². The molecule has 1 heterocycles. The van der Waals surface area contributed by atoms with Crippen LogP contribution in [0.5, 0.6) is 0 Å². The fourth-order valence-electron chi connectivity index (χ4n) is 7.39. The highest BCUT2D eigenvalue weighted by Crippen LogP contribution is 2.40. The fraction of sp³-hybridized carbons (Fsp3) is 0. The Hall–Kier alpha value is -6.25. The average Bonchev–Trinajstić information content (AvgIpc) is 3.59. The van der Waals surface area contributed by atoms with Crippen molar-refractivity contribution in [3.8, 4) is 33.7 Å². The lowest BCUT2D eigenvalue weighted by atomic mass is 9.89. The number of aromatic nitrogens is 1. The number of oxazole rings is 1. The Bertz CT molecular complexity index is 2840. The topological polar surface area (TPSA) is 26.0 Å². The summed E-state index contributed by atoms with van der Waals surface area (Å²) < 4.78 is 6.49. The molecular weight excluding hydrogens is 571 g/mol. The molecule has 0 aliphatic carbocycles. The summed E-state index contributed by atoms with van der Waals surface area (Å²) in [5.74, 6) is 0.643. The van der Waals surface area contributed by atoms with Crippen LogP contribution >= 0.6 is 0 Å². The molecule has 0 aliphatic heterocycles. The summed E-state index contributed by atoms with van der Waals surface area (Å²) in [7, 11) is 0. The lowest BCUT2D eigenvalue weighted by Crippen LogP contribution is -1.87. The van der Waals surface area contributed by atoms with Crippen LogP contribution < -0.4 is 0 Å². The maximum Gasteiger partial charge on any atom is 0.227 e. The molecule has 10 rings (SSSR count). The molecule has 0 saturated heterocycles. The Morgan fingerprint density at radius 2 is 1.00 bits per heavy atom. The van der Waals surface area contributed by atoms with Crippen LogP contribution in [0.4, 0.5) is 0 Å². The van der Waals surface area contributed by atoms with Gasteiger partial charge in [-0.1, -0.05) is 127 Å². The number of benzene rings is 9. The Morgan fingerprint density at radius 3 is 1.89 bits per heavy atom. The molecule has 9 aromatic carbocycles. The third-order valence-electron chi connectivity index (χ3n) is 9.63. The van der Waals surface area contributed by atoms with Gasteiger partial charge in [0.05, 0.1) is 0 Å². The van der Waals surface area contributed by atoms with Crippen LogP contribution in [0.1, 0.15) is 0 Å². The number of hydrogen-bond acceptors (Lipinski definition) is 2. The van der Waals surface area contributed by atoms with E-state index in [2.05, 4.69) is 133 Å². The molecule has 0 aliphatic rings. The smallest absolute Gasteiger partial charge is 0.227 e. The van der Waals surface area contributed by atoms with E-state index >= 15 is 0 Å². The Morgan fingerprint density at radius 1 is 0.362 bits per heavy atom. The van der Waals surface area contributed by atoms with Gasteiger partial charge in [0.25, 0.3) is 0 Å². The van der Waals surface area contributed by atoms with E-state index in [1.54, 1.807) is 0 Å². The molecule has 2 heteroatoms. The summed E-state index contributed by atoms with van der Waals surface area (Å²) in [5.41, 5.74) is 7.47. The Kier molecular flexibility index (Phi) is 5.61. The number of nitrogens with zero attached hydrogens (tertiary/aromatic N) is 1. The Balaban J connectivity index is 1.16. The number of hydrogen-bond donors (Lipinski definition) is 0. The lowest BCUT2D eigenvalue weighted by molar-refractivity contribution is 0.623. The fourth-order valence-corrected chi connectivity index (χ4v) is 7.39. The third-order valence-corrected chi connectivity index (χ3v) is 9.63. The van der Waals surface area contributed by atoms with Crippen molar-refractivity contribution in [1.29, 1.82) is 0 Å². The molecule has 10 aromatic rings. The van der Waals surface area contributed by atoms with Gasteiger partial charge in [-0.25, -0.2) is 4.98 Å². The highest BCUT2D eigenvalue weighted by molar-refractivity contribution is 6.23. The average molecular weight is 598 g/mol. The zero-order chi connectivity index (χ0) is 30.9. The molecule has 0 unspecified atom stereocenters. The monoisotopic (exact) mass is 597 g/mol. The van der Waals surface area contributed by atoms with Crippen LogP contribution in [-0.2, 0) is 0 Å². The van der Waals surface area contributed by atoms with Crippen molar-refractivity contribution in [3.63, 3.8) is 0 Å². The van der Waals surface area contributed by atoms with Gasteiger partial charge in [0.2, 0.25) is 5.89 Å². The van der Waals surface area contributed by atoms with Crippen LogP contribution in [0, 0.1) is 0 Å². The first-order chi connectivity index (χ1) is 23.3. The van der Waals surface area contributed by atoms with Crippen LogP contribution in [0.2, 0.25) is 0 Å². The number of fused-ring (bicyclic) bond motifs is 10. The van der Waals surface area contributed by atoms with Crippen LogP contribution in [-0.4, -0.2) is 4.98 Å². The summed E-state index contributed by atoms with van der Waals surface area (Å²) >= 11 is 0. The van der Waals surface area contributed by atoms with E-state index in [0.717, 1.165) is 32.8 Å². The predicted octanol–water partition coefficient (Wildman–Crippen LogP) is 12.6. The van der Waals surface area contributed by atoms with Gasteiger partial charge in [-0.05, 0) is 107 Å². The van der Waals surface area contributed by atoms with E-state index < -0.39 is 0 Å². The molecule has 0 spiro atoms. The van der Waals surface area contributed by atoms with Gasteiger partial charge in [0.1, 0.15) is 5.52 Å². The quantitative estimate of drug-likeness (QED) is 0.189. The van der Waals surface area contributed by atoms with Crippen molar-refractivity contribution in [2.24, 2.45) is 0 Å². The zero-order valence-corrected chi connectivity index (χ0v) is 25.4. The van der Waals surface area contributed by atoms with Gasteiger partial charge < -0.3 is 4.42 Å². The van der Waals surface area contributed by atoms with Gasteiger partial charge in [-0.2, -0.15) is 0 Å². The zero-order valence-electron chi connectivity index (χ0n) is 25.4. The van der Waals surface area contributed by atoms with Crippen LogP contribution in [0.25, 0.3) is 98.7 Å². The normalized spacial score (nSPS) is 11.8. The summed E-state index contributed by atoms with van der Waals surface area (Å²) in [6, 6.07) is 58.8. The molecule has 47 heavy (non-hydrogen) atoms. The first kappa shape index (κ1) is 26.0. The minimum atomic E-state index is 0.643. The van der Waals surface area contributed by atoms with E-state index in [0.29, 0.717) is 5.89 Å². The molecule has 0 atom stereocenters. The van der Waals surface area contributed by atoms with Crippen molar-refractivity contribution in [2.45, 2.75) is 0 Å². The second-order valence-corrected chi connectivity index (χ2v) is 12.3. The molecular formula is C45H27NO. The molecule has 2 nitrogen and oxygen atoms in total. The SMILES string of the molecule is c1ccc(-c2nc3ccc4ccc5ccc(-c6cccc(-c7cc8ccc9ccccc9c8c8ccccc78)c6)cc5c4c3o2)cc1. The maximum atomic E-state index is 6.49. The van der Waals surface area contributed by atoms with E-state index in [1.165, 1.54) is 60.0 Å². The predicted molar refractivity (Wildman–Crippen MR) is 198 cm³/mol. The molecule has 0 bridgehead atoms. The molecule has 0 amide bonds. The molecule has 218 valence electrons. The van der Waals surface area contributed by atoms with Crippen molar-refractivity contribution in [1.82, 2.24) is 4.98 Å². The summed E-state index contributed by atoms with van der Waals surface area (Å²) in [4.78, 5) is 4.86. The minimum Gasteiger partial charge on any atom is -0.435 e. The van der Waals surface area contributed by atoms with Crippen molar-refractivity contribution in [3.05, 3.63) is 164 Å². The third kappa shape index (κ3) is 4.09. The molecule has 0 saturated carbocycles. The second-order valence-electron chi connectivity index (χ2n) is 12.3. The van der Waals surface area contributed by atoms with Gasteiger partial charge >= 0.3 is 0 Å². The maximum absolute atomic E-state index is 6.49. The number of rotatable bonds is 3. The second kappa shape index (κ2) is 10.1. The molecule has 0 radical (unpaired) electrons. The molecule has 0 fully saturated rings. The van der Waals surface area contributed by atoms with Gasteiger partial charge in [0.15, 0.2) is 5.58 Å². The highest BCUT2D eigenvalue weighted by atomic mass is 16.3. The van der Waals surface area contributed by atoms with Gasteiger partial charge in [-0.15, -0.1) is 0 Å². The summed E-state index contributed by atoms with van der Waals surface area (Å²) in [6.07, 6.45) is 0. The Labute approximate surface area is 271 Å². The minimum absolute atomic E-state index is 0.643. The van der Waals surface area contributed by atoms with E-state index in [9.17, 15) is 0 Å². The van der Waals surface area contributed by atoms with Gasteiger partial charge in [0, 0.05) is 10.9 Å². The van der Waals surface area contributed by atoms with Crippen molar-refractivity contribution in [2.75, 3.05) is 0 Å². The molecule has 0 N–H and O–H groups in total. The lowest BCUT2D eigenvalue weighted by Gasteiger charge is -2.14. The van der Waals surface area contributed by atoms with Gasteiger partial charge in [-0.3, -0.25) is 0 Å². The summed E-state index contributed by atoms with van der Waals surface area (Å²) in [5, 5.41) is 12.3. The van der Waals surface area contributed by atoms with E-state index in [-0.39, 0.29) is 0 Å². The standard InChI is InChI=1S/C45H27NO/c1-2-10-31(11-3-1)45-46-41-24-23-30-20-17-29-18-21-33(26-40(29)43(30)44(41)47-45)32-12-8-13-34(25-32)39-27-35-22-19-28-9-4-5-14-36(28)42(35)38-16-7-6-15-37(38)39/h1-27H. The van der Waals surface area contributed by atoms with E-state index in [4.69, 9.17) is 9.40 Å². The van der Waals surface area contributed by atoms with Crippen LogP contribution in [0.15, 0.2) is 168 Å². The highest BCUT2D eigenvalue weighted by Gasteiger charge is 2.15. The first-order valence-corrected chi connectivity index (χ1v) is 16.0. The first-order valence-electron chi connectivity index (χ1n) is 16.0. The van der Waals surface area contributed by atoms with Crippen molar-refractivity contribution >= 4 is 65.0 Å². The van der Waals surface area contributed by atoms with E-state index in [1.807, 2.05) is 30.3 Å². The molecule has 1 aromatic heterocycles. The van der Waals surface area contributed by atoms with Crippen molar-refractivity contribution < 1.29 is 4.42 Å². The summed E-state index contributed by atoms with van der Waals surface area (Å²) in [6.45, 7) is 0.